The molecule has 2 amide bonds. The highest BCUT2D eigenvalue weighted by Crippen LogP contribution is 2.14. The van der Waals surface area contributed by atoms with E-state index in [0.29, 0.717) is 6.54 Å². The van der Waals surface area contributed by atoms with Gasteiger partial charge in [0.1, 0.15) is 12.7 Å². The number of benzene rings is 1. The molecule has 0 spiro atoms. The van der Waals surface area contributed by atoms with Crippen LogP contribution in [0.25, 0.3) is 0 Å². The number of aromatic nitrogens is 3. The van der Waals surface area contributed by atoms with Crippen LogP contribution >= 0.6 is 0 Å². The summed E-state index contributed by atoms with van der Waals surface area (Å²) in [6, 6.07) is 9.14. The number of carbonyl (C=O) groups excluding carboxylic acids is 1. The third-order valence-corrected chi connectivity index (χ3v) is 4.12. The van der Waals surface area contributed by atoms with Crippen molar-refractivity contribution in [1.82, 2.24) is 25.4 Å². The topological polar surface area (TPSA) is 92.1 Å². The molecule has 0 aliphatic rings. The Morgan fingerprint density at radius 3 is 2.71 bits per heavy atom. The van der Waals surface area contributed by atoms with Crippen molar-refractivity contribution in [3.63, 3.8) is 0 Å². The fraction of sp³-hybridized carbons (Fsp3) is 0.471. The maximum atomic E-state index is 12.2. The number of hydrogen-bond acceptors (Lipinski definition) is 4. The lowest BCUT2D eigenvalue weighted by molar-refractivity contribution is 0.114. The van der Waals surface area contributed by atoms with E-state index in [1.54, 1.807) is 11.0 Å². The average Bonchev–Trinajstić information content (AvgIpc) is 3.12. The van der Waals surface area contributed by atoms with Gasteiger partial charge in [-0.05, 0) is 11.5 Å². The fourth-order valence-electron chi connectivity index (χ4n) is 2.31. The Labute approximate surface area is 142 Å². The van der Waals surface area contributed by atoms with Crippen molar-refractivity contribution >= 4 is 6.03 Å². The smallest absolute Gasteiger partial charge is 0.315 e. The molecule has 0 saturated carbocycles. The molecule has 7 nitrogen and oxygen atoms in total. The molecule has 3 N–H and O–H groups in total. The first-order chi connectivity index (χ1) is 11.6. The number of hydrogen-bond donors (Lipinski definition) is 3. The maximum absolute atomic E-state index is 12.2. The molecule has 0 radical (unpaired) electrons. The Morgan fingerprint density at radius 2 is 2.08 bits per heavy atom. The van der Waals surface area contributed by atoms with Gasteiger partial charge in [-0.25, -0.2) is 9.78 Å². The minimum atomic E-state index is -0.550. The summed E-state index contributed by atoms with van der Waals surface area (Å²) in [5.74, 6) is 0.144. The van der Waals surface area contributed by atoms with Gasteiger partial charge in [0, 0.05) is 6.54 Å². The normalized spacial score (nSPS) is 14.6. The summed E-state index contributed by atoms with van der Waals surface area (Å²) in [5, 5.41) is 19.7. The van der Waals surface area contributed by atoms with Gasteiger partial charge in [-0.1, -0.05) is 50.6 Å². The molecule has 130 valence electrons. The summed E-state index contributed by atoms with van der Waals surface area (Å²) in [6.07, 6.45) is 3.39. The molecule has 1 heterocycles. The second-order valence-electron chi connectivity index (χ2n) is 5.89. The summed E-state index contributed by atoms with van der Waals surface area (Å²) >= 11 is 0. The number of aliphatic hydroxyl groups excluding tert-OH is 1. The summed E-state index contributed by atoms with van der Waals surface area (Å²) < 4.78 is 1.67. The highest BCUT2D eigenvalue weighted by molar-refractivity contribution is 5.74. The molecular formula is C17H25N5O2. The van der Waals surface area contributed by atoms with Gasteiger partial charge in [-0.15, -0.1) is 0 Å². The Bertz CT molecular complexity index is 603. The first-order valence-electron chi connectivity index (χ1n) is 8.20. The summed E-state index contributed by atoms with van der Waals surface area (Å²) in [5.41, 5.74) is 0.977. The van der Waals surface area contributed by atoms with E-state index in [9.17, 15) is 9.90 Å². The Morgan fingerprint density at radius 1 is 1.33 bits per heavy atom. The summed E-state index contributed by atoms with van der Waals surface area (Å²) in [6.45, 7) is 4.68. The molecule has 24 heavy (non-hydrogen) atoms. The summed E-state index contributed by atoms with van der Waals surface area (Å²) in [7, 11) is 0. The van der Waals surface area contributed by atoms with Gasteiger partial charge in [-0.3, -0.25) is 4.68 Å². The quantitative estimate of drug-likeness (QED) is 0.687. The van der Waals surface area contributed by atoms with E-state index in [2.05, 4.69) is 20.7 Å². The van der Waals surface area contributed by atoms with Crippen molar-refractivity contribution in [2.75, 3.05) is 6.54 Å². The number of nitrogens with one attached hydrogen (secondary N) is 2. The molecule has 0 bridgehead atoms. The van der Waals surface area contributed by atoms with Gasteiger partial charge in [0.2, 0.25) is 0 Å². The number of amides is 2. The Balaban J connectivity index is 1.96. The van der Waals surface area contributed by atoms with Crippen molar-refractivity contribution in [3.8, 4) is 0 Å². The fourth-order valence-corrected chi connectivity index (χ4v) is 2.31. The monoisotopic (exact) mass is 331 g/mol. The van der Waals surface area contributed by atoms with Crippen LogP contribution in [-0.4, -0.2) is 38.6 Å². The highest BCUT2D eigenvalue weighted by Gasteiger charge is 2.17. The molecule has 7 heteroatoms. The molecule has 3 atom stereocenters. The average molecular weight is 331 g/mol. The van der Waals surface area contributed by atoms with Crippen molar-refractivity contribution in [2.24, 2.45) is 5.92 Å². The lowest BCUT2D eigenvalue weighted by Gasteiger charge is -2.21. The minimum absolute atomic E-state index is 0.144. The standard InChI is InChI=1S/C17H25N5O2/c1-3-13(2)16(23)9-19-17(24)21-15(10-22-12-18-11-20-22)14-7-5-4-6-8-14/h4-8,11-13,15-16,23H,3,9-10H2,1-2H3,(H2,19,21,24). The van der Waals surface area contributed by atoms with Crippen molar-refractivity contribution < 1.29 is 9.90 Å². The Hall–Kier alpha value is -2.41. The van der Waals surface area contributed by atoms with E-state index in [1.807, 2.05) is 44.2 Å². The van der Waals surface area contributed by atoms with Gasteiger partial charge in [0.25, 0.3) is 0 Å². The van der Waals surface area contributed by atoms with Crippen LogP contribution in [-0.2, 0) is 6.54 Å². The molecule has 3 unspecified atom stereocenters. The first-order valence-corrected chi connectivity index (χ1v) is 8.20. The number of carbonyl (C=O) groups is 1. The van der Waals surface area contributed by atoms with Crippen LogP contribution < -0.4 is 10.6 Å². The number of aliphatic hydroxyl groups is 1. The van der Waals surface area contributed by atoms with Gasteiger partial charge in [0.05, 0.1) is 18.7 Å². The largest absolute Gasteiger partial charge is 0.391 e. The zero-order valence-corrected chi connectivity index (χ0v) is 14.1. The highest BCUT2D eigenvalue weighted by atomic mass is 16.3. The SMILES string of the molecule is CCC(C)C(O)CNC(=O)NC(Cn1cncn1)c1ccccc1. The first kappa shape index (κ1) is 17.9. The predicted molar refractivity (Wildman–Crippen MR) is 91.2 cm³/mol. The van der Waals surface area contributed by atoms with E-state index in [1.165, 1.54) is 6.33 Å². The van der Waals surface area contributed by atoms with E-state index in [4.69, 9.17) is 0 Å². The van der Waals surface area contributed by atoms with Crippen LogP contribution in [0.4, 0.5) is 4.79 Å². The van der Waals surface area contributed by atoms with Crippen LogP contribution in [0, 0.1) is 5.92 Å². The zero-order chi connectivity index (χ0) is 17.4. The molecule has 2 rings (SSSR count). The lowest BCUT2D eigenvalue weighted by Crippen LogP contribution is -2.43. The van der Waals surface area contributed by atoms with E-state index >= 15 is 0 Å². The van der Waals surface area contributed by atoms with Gasteiger partial charge in [0.15, 0.2) is 0 Å². The van der Waals surface area contributed by atoms with Crippen molar-refractivity contribution in [3.05, 3.63) is 48.5 Å². The summed E-state index contributed by atoms with van der Waals surface area (Å²) in [4.78, 5) is 16.1. The van der Waals surface area contributed by atoms with E-state index in [-0.39, 0.29) is 24.5 Å². The van der Waals surface area contributed by atoms with Crippen LogP contribution in [0.2, 0.25) is 0 Å². The third kappa shape index (κ3) is 5.34. The predicted octanol–water partition coefficient (Wildman–Crippen LogP) is 1.73. The lowest BCUT2D eigenvalue weighted by atomic mass is 10.0. The molecule has 0 fully saturated rings. The number of nitrogens with zero attached hydrogens (tertiary/aromatic N) is 3. The zero-order valence-electron chi connectivity index (χ0n) is 14.1. The van der Waals surface area contributed by atoms with Crippen molar-refractivity contribution in [2.45, 2.75) is 39.0 Å². The maximum Gasteiger partial charge on any atom is 0.315 e. The van der Waals surface area contributed by atoms with Crippen LogP contribution in [0.1, 0.15) is 31.9 Å². The molecule has 0 aliphatic heterocycles. The van der Waals surface area contributed by atoms with Gasteiger partial charge < -0.3 is 15.7 Å². The van der Waals surface area contributed by atoms with Crippen LogP contribution in [0.5, 0.6) is 0 Å². The number of rotatable bonds is 8. The molecule has 0 aliphatic carbocycles. The van der Waals surface area contributed by atoms with Crippen molar-refractivity contribution in [1.29, 1.82) is 0 Å². The molecule has 1 aromatic heterocycles. The van der Waals surface area contributed by atoms with E-state index < -0.39 is 6.10 Å². The Kier molecular flexibility index (Phi) is 6.74. The molecule has 2 aromatic rings. The van der Waals surface area contributed by atoms with Gasteiger partial charge in [-0.2, -0.15) is 5.10 Å². The number of urea groups is 1. The van der Waals surface area contributed by atoms with Crippen LogP contribution in [0.3, 0.4) is 0 Å². The molecule has 0 saturated heterocycles. The van der Waals surface area contributed by atoms with Crippen LogP contribution in [0.15, 0.2) is 43.0 Å². The second kappa shape index (κ2) is 9.02. The van der Waals surface area contributed by atoms with E-state index in [0.717, 1.165) is 12.0 Å². The molecule has 1 aromatic carbocycles. The third-order valence-electron chi connectivity index (χ3n) is 4.12. The minimum Gasteiger partial charge on any atom is -0.391 e. The second-order valence-corrected chi connectivity index (χ2v) is 5.89. The molecular weight excluding hydrogens is 306 g/mol. The van der Waals surface area contributed by atoms with Gasteiger partial charge >= 0.3 is 6.03 Å².